The van der Waals surface area contributed by atoms with Gasteiger partial charge in [-0.15, -0.1) is 0 Å². The third kappa shape index (κ3) is 3.68. The smallest absolute Gasteiger partial charge is 0.337 e. The molecule has 0 radical (unpaired) electrons. The highest BCUT2D eigenvalue weighted by atomic mass is 19.4. The lowest BCUT2D eigenvalue weighted by Gasteiger charge is -2.13. The minimum absolute atomic E-state index is 0.136. The van der Waals surface area contributed by atoms with E-state index in [-0.39, 0.29) is 29.2 Å². The van der Waals surface area contributed by atoms with E-state index in [1.54, 1.807) is 0 Å². The van der Waals surface area contributed by atoms with Crippen molar-refractivity contribution in [3.05, 3.63) is 35.5 Å². The number of aryl methyl sites for hydroxylation is 1. The molecule has 0 aliphatic carbocycles. The zero-order chi connectivity index (χ0) is 20.6. The van der Waals surface area contributed by atoms with E-state index in [1.807, 2.05) is 0 Å². The van der Waals surface area contributed by atoms with Crippen LogP contribution in [-0.2, 0) is 15.8 Å². The van der Waals surface area contributed by atoms with Crippen LogP contribution in [0.3, 0.4) is 0 Å². The number of likely N-dealkylation sites (N-methyl/N-ethyl adjacent to an activating group) is 1. The van der Waals surface area contributed by atoms with Gasteiger partial charge in [-0.1, -0.05) is 17.3 Å². The Morgan fingerprint density at radius 1 is 1.32 bits per heavy atom. The van der Waals surface area contributed by atoms with Crippen LogP contribution in [0.15, 0.2) is 28.8 Å². The lowest BCUT2D eigenvalue weighted by molar-refractivity contribution is -0.137. The van der Waals surface area contributed by atoms with Crippen LogP contribution >= 0.6 is 0 Å². The van der Waals surface area contributed by atoms with Gasteiger partial charge in [-0.25, -0.2) is 4.79 Å². The number of hydrogen-bond acceptors (Lipinski definition) is 5. The van der Waals surface area contributed by atoms with E-state index in [2.05, 4.69) is 10.5 Å². The second kappa shape index (κ2) is 6.98. The number of anilines is 1. The molecule has 0 spiro atoms. The molecule has 1 aromatic heterocycles. The number of carbonyl (C=O) groups excluding carboxylic acids is 3. The monoisotopic (exact) mass is 396 g/mol. The lowest BCUT2D eigenvalue weighted by atomic mass is 10.0. The van der Waals surface area contributed by atoms with Crippen molar-refractivity contribution in [2.24, 2.45) is 0 Å². The highest BCUT2D eigenvalue weighted by Gasteiger charge is 2.35. The molecule has 1 N–H and O–H groups in total. The van der Waals surface area contributed by atoms with Crippen LogP contribution in [0.2, 0.25) is 0 Å². The minimum atomic E-state index is -4.53. The van der Waals surface area contributed by atoms with E-state index in [0.717, 1.165) is 21.9 Å². The Morgan fingerprint density at radius 2 is 2.04 bits per heavy atom. The molecule has 148 valence electrons. The third-order valence-corrected chi connectivity index (χ3v) is 4.13. The Morgan fingerprint density at radius 3 is 2.64 bits per heavy atom. The summed E-state index contributed by atoms with van der Waals surface area (Å²) >= 11 is 0. The van der Waals surface area contributed by atoms with Crippen LogP contribution in [0.5, 0.6) is 0 Å². The van der Waals surface area contributed by atoms with Crippen LogP contribution in [-0.4, -0.2) is 52.9 Å². The van der Waals surface area contributed by atoms with Gasteiger partial charge in [-0.3, -0.25) is 19.8 Å². The van der Waals surface area contributed by atoms with Gasteiger partial charge in [-0.05, 0) is 24.6 Å². The number of hydrogen-bond donors (Lipinski definition) is 1. The number of halogens is 3. The summed E-state index contributed by atoms with van der Waals surface area (Å²) in [7, 11) is 1.42. The standard InChI is InChI=1S/C17H15F3N4O4/c1-9-14(10-4-3-5-11(6-10)17(18,19)20)15(28-22-9)21-12(25)7-24-13(26)8-23(2)16(24)27/h3-6H,7-8H2,1-2H3,(H,21,25). The van der Waals surface area contributed by atoms with Crippen LogP contribution in [0, 0.1) is 6.92 Å². The van der Waals surface area contributed by atoms with Gasteiger partial charge in [0.05, 0.1) is 16.8 Å². The summed E-state index contributed by atoms with van der Waals surface area (Å²) in [6.07, 6.45) is -4.53. The first kappa shape index (κ1) is 19.4. The first-order chi connectivity index (χ1) is 13.1. The number of alkyl halides is 3. The van der Waals surface area contributed by atoms with Gasteiger partial charge in [-0.2, -0.15) is 13.2 Å². The summed E-state index contributed by atoms with van der Waals surface area (Å²) in [4.78, 5) is 37.7. The number of nitrogens with zero attached hydrogens (tertiary/aromatic N) is 3. The summed E-state index contributed by atoms with van der Waals surface area (Å²) in [5.74, 6) is -1.45. The lowest BCUT2D eigenvalue weighted by Crippen LogP contribution is -2.38. The highest BCUT2D eigenvalue weighted by Crippen LogP contribution is 2.36. The fraction of sp³-hybridized carbons (Fsp3) is 0.294. The fourth-order valence-electron chi connectivity index (χ4n) is 2.78. The maximum atomic E-state index is 13.0. The molecule has 0 atom stereocenters. The predicted octanol–water partition coefficient (Wildman–Crippen LogP) is 2.50. The quantitative estimate of drug-likeness (QED) is 0.802. The third-order valence-electron chi connectivity index (χ3n) is 4.13. The van der Waals surface area contributed by atoms with Gasteiger partial charge >= 0.3 is 12.2 Å². The summed E-state index contributed by atoms with van der Waals surface area (Å²) in [5, 5.41) is 6.04. The average Bonchev–Trinajstić information content (AvgIpc) is 3.08. The van der Waals surface area contributed by atoms with Gasteiger partial charge in [0, 0.05) is 7.05 Å². The fourth-order valence-corrected chi connectivity index (χ4v) is 2.78. The average molecular weight is 396 g/mol. The summed E-state index contributed by atoms with van der Waals surface area (Å²) < 4.78 is 43.9. The zero-order valence-electron chi connectivity index (χ0n) is 14.8. The number of nitrogens with one attached hydrogen (secondary N) is 1. The number of imide groups is 1. The van der Waals surface area contributed by atoms with Crippen molar-refractivity contribution in [3.63, 3.8) is 0 Å². The van der Waals surface area contributed by atoms with Gasteiger partial charge in [0.1, 0.15) is 13.1 Å². The Hall–Kier alpha value is -3.37. The van der Waals surface area contributed by atoms with E-state index in [9.17, 15) is 27.6 Å². The first-order valence-electron chi connectivity index (χ1n) is 8.07. The second-order valence-corrected chi connectivity index (χ2v) is 6.22. The van der Waals surface area contributed by atoms with E-state index in [4.69, 9.17) is 4.52 Å². The van der Waals surface area contributed by atoms with Crippen molar-refractivity contribution in [3.8, 4) is 11.1 Å². The van der Waals surface area contributed by atoms with E-state index >= 15 is 0 Å². The molecule has 4 amide bonds. The Bertz CT molecular complexity index is 954. The van der Waals surface area contributed by atoms with Crippen molar-refractivity contribution in [2.45, 2.75) is 13.1 Å². The van der Waals surface area contributed by atoms with Crippen molar-refractivity contribution in [2.75, 3.05) is 25.5 Å². The zero-order valence-corrected chi connectivity index (χ0v) is 14.8. The van der Waals surface area contributed by atoms with Crippen molar-refractivity contribution in [1.82, 2.24) is 15.0 Å². The number of benzene rings is 1. The van der Waals surface area contributed by atoms with Gasteiger partial charge in [0.15, 0.2) is 0 Å². The largest absolute Gasteiger partial charge is 0.416 e. The van der Waals surface area contributed by atoms with Crippen molar-refractivity contribution in [1.29, 1.82) is 0 Å². The summed E-state index contributed by atoms with van der Waals surface area (Å²) in [6, 6.07) is 3.87. The molecule has 1 aliphatic heterocycles. The molecule has 0 unspecified atom stereocenters. The van der Waals surface area contributed by atoms with Crippen LogP contribution in [0.1, 0.15) is 11.3 Å². The molecule has 28 heavy (non-hydrogen) atoms. The van der Waals surface area contributed by atoms with Crippen molar-refractivity contribution < 1.29 is 32.1 Å². The SMILES string of the molecule is Cc1noc(NC(=O)CN2C(=O)CN(C)C2=O)c1-c1cccc(C(F)(F)F)c1. The second-order valence-electron chi connectivity index (χ2n) is 6.22. The normalized spacial score (nSPS) is 14.8. The predicted molar refractivity (Wildman–Crippen MR) is 90.0 cm³/mol. The highest BCUT2D eigenvalue weighted by molar-refractivity contribution is 6.06. The minimum Gasteiger partial charge on any atom is -0.337 e. The van der Waals surface area contributed by atoms with Crippen LogP contribution in [0.4, 0.5) is 23.8 Å². The molecule has 0 saturated carbocycles. The number of carbonyl (C=O) groups is 3. The molecule has 1 aliphatic rings. The van der Waals surface area contributed by atoms with Crippen molar-refractivity contribution >= 4 is 23.7 Å². The molecule has 11 heteroatoms. The maximum Gasteiger partial charge on any atom is 0.416 e. The maximum absolute atomic E-state index is 13.0. The number of rotatable bonds is 4. The Balaban J connectivity index is 1.83. The number of urea groups is 1. The molecule has 1 fully saturated rings. The van der Waals surface area contributed by atoms with Gasteiger partial charge in [0.25, 0.3) is 5.91 Å². The van der Waals surface area contributed by atoms with Crippen LogP contribution in [0.25, 0.3) is 11.1 Å². The molecule has 0 bridgehead atoms. The molecule has 1 aromatic carbocycles. The van der Waals surface area contributed by atoms with Gasteiger partial charge < -0.3 is 9.42 Å². The molecule has 1 saturated heterocycles. The molecule has 8 nitrogen and oxygen atoms in total. The first-order valence-corrected chi connectivity index (χ1v) is 8.07. The number of aromatic nitrogens is 1. The Labute approximate surface area is 156 Å². The van der Waals surface area contributed by atoms with E-state index in [1.165, 1.54) is 26.1 Å². The summed E-state index contributed by atoms with van der Waals surface area (Å²) in [5.41, 5.74) is -0.269. The molecular weight excluding hydrogens is 381 g/mol. The summed E-state index contributed by atoms with van der Waals surface area (Å²) in [6.45, 7) is 0.823. The molecule has 3 rings (SSSR count). The van der Waals surface area contributed by atoms with Crippen LogP contribution < -0.4 is 5.32 Å². The molecule has 2 aromatic rings. The molecule has 2 heterocycles. The Kier molecular flexibility index (Phi) is 4.84. The molecular formula is C17H15F3N4O4. The number of amides is 4. The van der Waals surface area contributed by atoms with E-state index in [0.29, 0.717) is 0 Å². The topological polar surface area (TPSA) is 95.8 Å². The van der Waals surface area contributed by atoms with Gasteiger partial charge in [0.2, 0.25) is 11.8 Å². The van der Waals surface area contributed by atoms with E-state index < -0.39 is 36.1 Å².